The topological polar surface area (TPSA) is 56.7 Å². The summed E-state index contributed by atoms with van der Waals surface area (Å²) >= 11 is 0. The van der Waals surface area contributed by atoms with Crippen molar-refractivity contribution in [2.75, 3.05) is 5.73 Å². The first-order valence-corrected chi connectivity index (χ1v) is 7.31. The van der Waals surface area contributed by atoms with Crippen LogP contribution in [0.15, 0.2) is 24.3 Å². The zero-order chi connectivity index (χ0) is 19.4. The zero-order valence-electron chi connectivity index (χ0n) is 13.5. The molecule has 0 amide bonds. The third-order valence-corrected chi connectivity index (χ3v) is 3.77. The van der Waals surface area contributed by atoms with Crippen molar-refractivity contribution in [2.45, 2.75) is 26.2 Å². The molecule has 0 atom stereocenters. The number of halogens is 6. The van der Waals surface area contributed by atoms with Gasteiger partial charge < -0.3 is 5.73 Å². The molecular weight excluding hydrogens is 362 g/mol. The highest BCUT2D eigenvalue weighted by Crippen LogP contribution is 2.39. The second-order valence-electron chi connectivity index (χ2n) is 5.82. The first kappa shape index (κ1) is 18.0. The molecule has 0 aliphatic rings. The Bertz CT molecular complexity index is 1000. The molecule has 0 saturated heterocycles. The van der Waals surface area contributed by atoms with Gasteiger partial charge in [-0.25, -0.2) is 9.67 Å². The molecule has 138 valence electrons. The van der Waals surface area contributed by atoms with Gasteiger partial charge in [0.25, 0.3) is 0 Å². The molecule has 3 aromatic rings. The molecule has 2 heterocycles. The van der Waals surface area contributed by atoms with E-state index < -0.39 is 40.5 Å². The zero-order valence-corrected chi connectivity index (χ0v) is 13.5. The molecule has 1 aromatic carbocycles. The summed E-state index contributed by atoms with van der Waals surface area (Å²) in [5, 5.41) is 3.34. The third-order valence-electron chi connectivity index (χ3n) is 3.77. The Hall–Kier alpha value is -2.78. The molecule has 0 radical (unpaired) electrons. The number of nitrogen functional groups attached to an aromatic ring is 1. The van der Waals surface area contributed by atoms with E-state index in [4.69, 9.17) is 5.73 Å². The van der Waals surface area contributed by atoms with Crippen molar-refractivity contribution in [1.29, 1.82) is 0 Å². The largest absolute Gasteiger partial charge is 0.434 e. The van der Waals surface area contributed by atoms with Crippen molar-refractivity contribution >= 4 is 16.7 Å². The van der Waals surface area contributed by atoms with Crippen LogP contribution in [0.25, 0.3) is 16.6 Å². The highest BCUT2D eigenvalue weighted by Gasteiger charge is 2.38. The standard InChI is InChI=1S/C16H12F6N4/c1-7-3-4-11(9(5-7)15(17,18)19)26-14(23)12-10(25-26)6-8(2)24-13(12)16(20,21)22/h3-6H,23H2,1-2H3. The average Bonchev–Trinajstić information content (AvgIpc) is 2.81. The molecule has 0 spiro atoms. The smallest absolute Gasteiger partial charge is 0.383 e. The Morgan fingerprint density at radius 2 is 1.62 bits per heavy atom. The van der Waals surface area contributed by atoms with Crippen LogP contribution in [0, 0.1) is 13.8 Å². The highest BCUT2D eigenvalue weighted by molar-refractivity contribution is 5.92. The minimum atomic E-state index is -4.83. The summed E-state index contributed by atoms with van der Waals surface area (Å²) < 4.78 is 80.6. The van der Waals surface area contributed by atoms with Crippen LogP contribution >= 0.6 is 0 Å². The molecule has 4 nitrogen and oxygen atoms in total. The van der Waals surface area contributed by atoms with Crippen LogP contribution in [0.1, 0.15) is 22.5 Å². The van der Waals surface area contributed by atoms with Gasteiger partial charge in [0.05, 0.1) is 22.2 Å². The maximum Gasteiger partial charge on any atom is 0.434 e. The Morgan fingerprint density at radius 3 is 2.19 bits per heavy atom. The number of rotatable bonds is 1. The fraction of sp³-hybridized carbons (Fsp3) is 0.250. The van der Waals surface area contributed by atoms with E-state index in [1.54, 1.807) is 0 Å². The summed E-state index contributed by atoms with van der Waals surface area (Å²) in [6, 6.07) is 4.63. The third kappa shape index (κ3) is 2.95. The first-order valence-electron chi connectivity index (χ1n) is 7.31. The molecule has 2 aromatic heterocycles. The quantitative estimate of drug-likeness (QED) is 0.631. The predicted molar refractivity (Wildman–Crippen MR) is 82.8 cm³/mol. The van der Waals surface area contributed by atoms with Gasteiger partial charge in [0.15, 0.2) is 5.69 Å². The summed E-state index contributed by atoms with van der Waals surface area (Å²) in [4.78, 5) is 3.45. The SMILES string of the molecule is Cc1ccc(-n2nc3cc(C)nc(C(F)(F)F)c3c2N)c(C(F)(F)F)c1. The van der Waals surface area contributed by atoms with Crippen LogP contribution < -0.4 is 5.73 Å². The van der Waals surface area contributed by atoms with Crippen molar-refractivity contribution in [3.8, 4) is 5.69 Å². The van der Waals surface area contributed by atoms with Crippen LogP contribution in [-0.4, -0.2) is 14.8 Å². The number of nitrogens with two attached hydrogens (primary N) is 1. The maximum absolute atomic E-state index is 13.4. The van der Waals surface area contributed by atoms with Crippen LogP contribution in [0.5, 0.6) is 0 Å². The molecule has 0 fully saturated rings. The van der Waals surface area contributed by atoms with Crippen LogP contribution in [-0.2, 0) is 12.4 Å². The van der Waals surface area contributed by atoms with Gasteiger partial charge in [-0.3, -0.25) is 0 Å². The highest BCUT2D eigenvalue weighted by atomic mass is 19.4. The summed E-state index contributed by atoms with van der Waals surface area (Å²) in [7, 11) is 0. The molecule has 10 heteroatoms. The number of anilines is 1. The Labute approximate surface area is 143 Å². The lowest BCUT2D eigenvalue weighted by atomic mass is 10.1. The molecular formula is C16H12F6N4. The Balaban J connectivity index is 2.38. The molecule has 0 aliphatic carbocycles. The van der Waals surface area contributed by atoms with Crippen molar-refractivity contribution in [1.82, 2.24) is 14.8 Å². The molecule has 0 saturated carbocycles. The number of nitrogens with zero attached hydrogens (tertiary/aromatic N) is 3. The van der Waals surface area contributed by atoms with Crippen molar-refractivity contribution in [3.05, 3.63) is 46.8 Å². The lowest BCUT2D eigenvalue weighted by molar-refractivity contribution is -0.140. The van der Waals surface area contributed by atoms with E-state index in [2.05, 4.69) is 10.1 Å². The van der Waals surface area contributed by atoms with Gasteiger partial charge >= 0.3 is 12.4 Å². The van der Waals surface area contributed by atoms with Crippen molar-refractivity contribution < 1.29 is 26.3 Å². The number of benzene rings is 1. The Morgan fingerprint density at radius 1 is 0.962 bits per heavy atom. The van der Waals surface area contributed by atoms with Gasteiger partial charge in [-0.15, -0.1) is 0 Å². The van der Waals surface area contributed by atoms with E-state index >= 15 is 0 Å². The van der Waals surface area contributed by atoms with Gasteiger partial charge in [0.1, 0.15) is 5.82 Å². The van der Waals surface area contributed by atoms with E-state index in [9.17, 15) is 26.3 Å². The number of hydrogen-bond acceptors (Lipinski definition) is 3. The summed E-state index contributed by atoms with van der Waals surface area (Å²) in [5.74, 6) is -0.561. The summed E-state index contributed by atoms with van der Waals surface area (Å²) in [6.45, 7) is 2.80. The second kappa shape index (κ2) is 5.61. The normalized spacial score (nSPS) is 12.8. The minimum absolute atomic E-state index is 0.0226. The van der Waals surface area contributed by atoms with E-state index in [1.165, 1.54) is 26.0 Å². The first-order chi connectivity index (χ1) is 11.9. The molecule has 0 unspecified atom stereocenters. The van der Waals surface area contributed by atoms with Crippen molar-refractivity contribution in [3.63, 3.8) is 0 Å². The van der Waals surface area contributed by atoms with Gasteiger partial charge in [-0.1, -0.05) is 11.6 Å². The molecule has 2 N–H and O–H groups in total. The number of hydrogen-bond donors (Lipinski definition) is 1. The molecule has 0 bridgehead atoms. The lowest BCUT2D eigenvalue weighted by Gasteiger charge is -2.14. The number of alkyl halides is 6. The fourth-order valence-electron chi connectivity index (χ4n) is 2.71. The number of aromatic nitrogens is 3. The van der Waals surface area contributed by atoms with E-state index in [0.29, 0.717) is 10.2 Å². The van der Waals surface area contributed by atoms with E-state index in [-0.39, 0.29) is 11.2 Å². The maximum atomic E-state index is 13.4. The van der Waals surface area contributed by atoms with Gasteiger partial charge in [-0.05, 0) is 32.0 Å². The molecule has 0 aliphatic heterocycles. The summed E-state index contributed by atoms with van der Waals surface area (Å²) in [6.07, 6.45) is -9.56. The van der Waals surface area contributed by atoms with Gasteiger partial charge in [0, 0.05) is 5.69 Å². The van der Waals surface area contributed by atoms with E-state index in [0.717, 1.165) is 12.1 Å². The van der Waals surface area contributed by atoms with E-state index in [1.807, 2.05) is 0 Å². The monoisotopic (exact) mass is 374 g/mol. The average molecular weight is 374 g/mol. The van der Waals surface area contributed by atoms with Crippen LogP contribution in [0.3, 0.4) is 0 Å². The van der Waals surface area contributed by atoms with Crippen LogP contribution in [0.4, 0.5) is 32.2 Å². The number of aryl methyl sites for hydroxylation is 2. The van der Waals surface area contributed by atoms with Crippen LogP contribution in [0.2, 0.25) is 0 Å². The minimum Gasteiger partial charge on any atom is -0.383 e. The summed E-state index contributed by atoms with van der Waals surface area (Å²) in [5.41, 5.74) is 3.16. The lowest BCUT2D eigenvalue weighted by Crippen LogP contribution is -2.13. The van der Waals surface area contributed by atoms with Crippen molar-refractivity contribution in [2.24, 2.45) is 0 Å². The second-order valence-corrected chi connectivity index (χ2v) is 5.82. The molecule has 26 heavy (non-hydrogen) atoms. The Kier molecular flexibility index (Phi) is 3.89. The van der Waals surface area contributed by atoms with Gasteiger partial charge in [0.2, 0.25) is 0 Å². The fourth-order valence-corrected chi connectivity index (χ4v) is 2.71. The predicted octanol–water partition coefficient (Wildman–Crippen LogP) is 4.66. The number of pyridine rings is 1. The number of fused-ring (bicyclic) bond motifs is 1. The van der Waals surface area contributed by atoms with Gasteiger partial charge in [-0.2, -0.15) is 31.4 Å². The molecule has 3 rings (SSSR count).